The van der Waals surface area contributed by atoms with Gasteiger partial charge in [-0.2, -0.15) is 4.98 Å². The number of aromatic nitrogens is 2. The molecule has 0 spiro atoms. The molecular formula is C16H17N3O2. The molecule has 1 aromatic heterocycles. The van der Waals surface area contributed by atoms with Gasteiger partial charge in [-0.05, 0) is 31.2 Å². The van der Waals surface area contributed by atoms with E-state index in [1.807, 2.05) is 0 Å². The standard InChI is InChI=1S/C16H17N3O2/c1-4-10-19(11-5-2)16(20)14-8-6-13(7-9-14)15-17-12(3)18-21-15/h4-9H,1-2,10-11H2,3H3. The molecule has 0 saturated heterocycles. The van der Waals surface area contributed by atoms with E-state index in [-0.39, 0.29) is 5.91 Å². The van der Waals surface area contributed by atoms with Crippen LogP contribution in [-0.2, 0) is 0 Å². The molecule has 0 aliphatic carbocycles. The molecule has 0 radical (unpaired) electrons. The van der Waals surface area contributed by atoms with Crippen LogP contribution in [0.3, 0.4) is 0 Å². The van der Waals surface area contributed by atoms with E-state index in [9.17, 15) is 4.79 Å². The van der Waals surface area contributed by atoms with E-state index in [1.165, 1.54) is 0 Å². The highest BCUT2D eigenvalue weighted by molar-refractivity contribution is 5.94. The predicted molar refractivity (Wildman–Crippen MR) is 80.8 cm³/mol. The lowest BCUT2D eigenvalue weighted by molar-refractivity contribution is 0.0791. The van der Waals surface area contributed by atoms with Gasteiger partial charge in [0.15, 0.2) is 5.82 Å². The highest BCUT2D eigenvalue weighted by Crippen LogP contribution is 2.18. The van der Waals surface area contributed by atoms with Crippen molar-refractivity contribution in [1.82, 2.24) is 15.0 Å². The van der Waals surface area contributed by atoms with Crippen molar-refractivity contribution < 1.29 is 9.32 Å². The first kappa shape index (κ1) is 14.7. The van der Waals surface area contributed by atoms with Crippen molar-refractivity contribution in [3.8, 4) is 11.5 Å². The van der Waals surface area contributed by atoms with Crippen molar-refractivity contribution in [3.63, 3.8) is 0 Å². The molecule has 0 fully saturated rings. The monoisotopic (exact) mass is 283 g/mol. The molecule has 0 aliphatic heterocycles. The number of carbonyl (C=O) groups excluding carboxylic acids is 1. The van der Waals surface area contributed by atoms with Gasteiger partial charge in [-0.1, -0.05) is 17.3 Å². The predicted octanol–water partition coefficient (Wildman–Crippen LogP) is 2.86. The van der Waals surface area contributed by atoms with Crippen LogP contribution in [-0.4, -0.2) is 34.0 Å². The second kappa shape index (κ2) is 6.65. The van der Waals surface area contributed by atoms with Crippen LogP contribution in [0, 0.1) is 6.92 Å². The number of rotatable bonds is 6. The molecular weight excluding hydrogens is 266 g/mol. The van der Waals surface area contributed by atoms with Crippen LogP contribution in [0.1, 0.15) is 16.2 Å². The molecule has 5 nitrogen and oxygen atoms in total. The van der Waals surface area contributed by atoms with Crippen molar-refractivity contribution in [2.75, 3.05) is 13.1 Å². The minimum Gasteiger partial charge on any atom is -0.334 e. The first-order valence-corrected chi connectivity index (χ1v) is 6.57. The molecule has 0 atom stereocenters. The lowest BCUT2D eigenvalue weighted by Gasteiger charge is -2.19. The van der Waals surface area contributed by atoms with E-state index in [2.05, 4.69) is 23.3 Å². The minimum atomic E-state index is -0.0666. The molecule has 0 bridgehead atoms. The smallest absolute Gasteiger partial charge is 0.257 e. The molecule has 21 heavy (non-hydrogen) atoms. The summed E-state index contributed by atoms with van der Waals surface area (Å²) in [7, 11) is 0. The Bertz CT molecular complexity index is 634. The first-order chi connectivity index (χ1) is 10.2. The van der Waals surface area contributed by atoms with E-state index >= 15 is 0 Å². The van der Waals surface area contributed by atoms with Crippen molar-refractivity contribution in [2.45, 2.75) is 6.92 Å². The average Bonchev–Trinajstić information content (AvgIpc) is 2.93. The molecule has 108 valence electrons. The van der Waals surface area contributed by atoms with E-state index in [4.69, 9.17) is 4.52 Å². The summed E-state index contributed by atoms with van der Waals surface area (Å²) in [5.74, 6) is 0.955. The second-order valence-corrected chi connectivity index (χ2v) is 4.51. The highest BCUT2D eigenvalue weighted by atomic mass is 16.5. The summed E-state index contributed by atoms with van der Waals surface area (Å²) in [6, 6.07) is 7.08. The van der Waals surface area contributed by atoms with Gasteiger partial charge in [-0.15, -0.1) is 13.2 Å². The zero-order chi connectivity index (χ0) is 15.2. The van der Waals surface area contributed by atoms with Crippen LogP contribution in [0.15, 0.2) is 54.1 Å². The van der Waals surface area contributed by atoms with Crippen molar-refractivity contribution in [3.05, 3.63) is 61.0 Å². The molecule has 1 aromatic carbocycles. The molecule has 1 amide bonds. The maximum absolute atomic E-state index is 12.4. The summed E-state index contributed by atoms with van der Waals surface area (Å²) in [5, 5.41) is 3.74. The van der Waals surface area contributed by atoms with Crippen LogP contribution in [0.4, 0.5) is 0 Å². The van der Waals surface area contributed by atoms with Gasteiger partial charge in [0.1, 0.15) is 0 Å². The van der Waals surface area contributed by atoms with Crippen LogP contribution >= 0.6 is 0 Å². The zero-order valence-corrected chi connectivity index (χ0v) is 12.0. The third-order valence-corrected chi connectivity index (χ3v) is 2.89. The first-order valence-electron chi connectivity index (χ1n) is 6.57. The van der Waals surface area contributed by atoms with Gasteiger partial charge in [0.05, 0.1) is 0 Å². The number of hydrogen-bond donors (Lipinski definition) is 0. The molecule has 1 heterocycles. The van der Waals surface area contributed by atoms with E-state index < -0.39 is 0 Å². The Morgan fingerprint density at radius 1 is 1.24 bits per heavy atom. The quantitative estimate of drug-likeness (QED) is 0.765. The Balaban J connectivity index is 2.19. The molecule has 2 rings (SSSR count). The molecule has 0 saturated carbocycles. The molecule has 0 unspecified atom stereocenters. The van der Waals surface area contributed by atoms with Gasteiger partial charge in [-0.25, -0.2) is 0 Å². The minimum absolute atomic E-state index is 0.0666. The van der Waals surface area contributed by atoms with Gasteiger partial charge < -0.3 is 9.42 Å². The largest absolute Gasteiger partial charge is 0.334 e. The SMILES string of the molecule is C=CCN(CC=C)C(=O)c1ccc(-c2nc(C)no2)cc1. The molecule has 5 heteroatoms. The van der Waals surface area contributed by atoms with Gasteiger partial charge >= 0.3 is 0 Å². The third kappa shape index (κ3) is 3.45. The van der Waals surface area contributed by atoms with Gasteiger partial charge in [-0.3, -0.25) is 4.79 Å². The fourth-order valence-electron chi connectivity index (χ4n) is 1.90. The third-order valence-electron chi connectivity index (χ3n) is 2.89. The normalized spacial score (nSPS) is 10.1. The Kier molecular flexibility index (Phi) is 4.66. The van der Waals surface area contributed by atoms with Crippen molar-refractivity contribution >= 4 is 5.91 Å². The Labute approximate surface area is 123 Å². The van der Waals surface area contributed by atoms with E-state index in [1.54, 1.807) is 48.2 Å². The highest BCUT2D eigenvalue weighted by Gasteiger charge is 2.14. The fraction of sp³-hybridized carbons (Fsp3) is 0.188. The van der Waals surface area contributed by atoms with Crippen LogP contribution in [0.5, 0.6) is 0 Å². The summed E-state index contributed by atoms with van der Waals surface area (Å²) < 4.78 is 5.09. The van der Waals surface area contributed by atoms with E-state index in [0.717, 1.165) is 5.56 Å². The summed E-state index contributed by atoms with van der Waals surface area (Å²) in [6.07, 6.45) is 3.38. The lowest BCUT2D eigenvalue weighted by atomic mass is 10.1. The number of carbonyl (C=O) groups is 1. The van der Waals surface area contributed by atoms with Gasteiger partial charge in [0.25, 0.3) is 11.8 Å². The lowest BCUT2D eigenvalue weighted by Crippen LogP contribution is -2.31. The summed E-state index contributed by atoms with van der Waals surface area (Å²) in [6.45, 7) is 10.0. The van der Waals surface area contributed by atoms with Crippen LogP contribution in [0.25, 0.3) is 11.5 Å². The van der Waals surface area contributed by atoms with E-state index in [0.29, 0.717) is 30.4 Å². The topological polar surface area (TPSA) is 59.2 Å². The van der Waals surface area contributed by atoms with Crippen molar-refractivity contribution in [2.24, 2.45) is 0 Å². The Hall–Kier alpha value is -2.69. The zero-order valence-electron chi connectivity index (χ0n) is 12.0. The summed E-state index contributed by atoms with van der Waals surface area (Å²) in [4.78, 5) is 18.2. The fourth-order valence-corrected chi connectivity index (χ4v) is 1.90. The van der Waals surface area contributed by atoms with Gasteiger partial charge in [0.2, 0.25) is 0 Å². The maximum Gasteiger partial charge on any atom is 0.257 e. The number of hydrogen-bond acceptors (Lipinski definition) is 4. The number of nitrogens with zero attached hydrogens (tertiary/aromatic N) is 3. The summed E-state index contributed by atoms with van der Waals surface area (Å²) in [5.41, 5.74) is 1.38. The number of amides is 1. The molecule has 0 aliphatic rings. The summed E-state index contributed by atoms with van der Waals surface area (Å²) >= 11 is 0. The number of aryl methyl sites for hydroxylation is 1. The molecule has 0 N–H and O–H groups in total. The maximum atomic E-state index is 12.4. The number of benzene rings is 1. The Morgan fingerprint density at radius 2 is 1.86 bits per heavy atom. The van der Waals surface area contributed by atoms with Gasteiger partial charge in [0, 0.05) is 24.2 Å². The van der Waals surface area contributed by atoms with Crippen LogP contribution < -0.4 is 0 Å². The molecule has 2 aromatic rings. The Morgan fingerprint density at radius 3 is 2.33 bits per heavy atom. The average molecular weight is 283 g/mol. The van der Waals surface area contributed by atoms with Crippen molar-refractivity contribution in [1.29, 1.82) is 0 Å². The van der Waals surface area contributed by atoms with Crippen LogP contribution in [0.2, 0.25) is 0 Å². The second-order valence-electron chi connectivity index (χ2n) is 4.51.